The van der Waals surface area contributed by atoms with Crippen molar-refractivity contribution in [1.82, 2.24) is 14.5 Å². The van der Waals surface area contributed by atoms with Crippen LogP contribution in [-0.4, -0.2) is 34.2 Å². The molecule has 0 N–H and O–H groups in total. The maximum absolute atomic E-state index is 13.7. The summed E-state index contributed by atoms with van der Waals surface area (Å²) in [6.45, 7) is 1.91. The highest BCUT2D eigenvalue weighted by Crippen LogP contribution is 2.44. The van der Waals surface area contributed by atoms with Crippen LogP contribution < -0.4 is 5.46 Å². The molecule has 2 saturated heterocycles. The standard InChI is InChI=1S/C24H20BF2N3O/c1-14-12-29(13-28-14)23-6-2-15(9-19(23)25)8-17-10-18-4-7-22(30(18)24(17)31)16-3-5-20(26)21(27)11-16/h2-3,5-6,8-9,11-13,18,22H,4,7,10H2,1H3/b17-8+/t18-,22+/m1/s1. The van der Waals surface area contributed by atoms with E-state index in [-0.39, 0.29) is 18.0 Å². The Kier molecular flexibility index (Phi) is 4.76. The number of aromatic nitrogens is 2. The number of benzene rings is 2. The van der Waals surface area contributed by atoms with E-state index >= 15 is 0 Å². The summed E-state index contributed by atoms with van der Waals surface area (Å²) in [6.07, 6.45) is 7.72. The van der Waals surface area contributed by atoms with Gasteiger partial charge < -0.3 is 9.47 Å². The number of fused-ring (bicyclic) bond motifs is 1. The van der Waals surface area contributed by atoms with E-state index in [0.717, 1.165) is 35.9 Å². The molecule has 0 saturated carbocycles. The van der Waals surface area contributed by atoms with Crippen molar-refractivity contribution in [3.8, 4) is 5.69 Å². The molecule has 0 aliphatic carbocycles. The topological polar surface area (TPSA) is 38.1 Å². The van der Waals surface area contributed by atoms with Crippen LogP contribution in [-0.2, 0) is 4.79 Å². The van der Waals surface area contributed by atoms with Crippen molar-refractivity contribution in [2.24, 2.45) is 0 Å². The number of nitrogens with zero attached hydrogens (tertiary/aromatic N) is 3. The Morgan fingerprint density at radius 1 is 1.13 bits per heavy atom. The average molecular weight is 415 g/mol. The number of carbonyl (C=O) groups excluding carboxylic acids is 1. The quantitative estimate of drug-likeness (QED) is 0.483. The van der Waals surface area contributed by atoms with Crippen LogP contribution in [0.1, 0.15) is 42.1 Å². The minimum Gasteiger partial charge on any atom is -0.329 e. The van der Waals surface area contributed by atoms with Crippen molar-refractivity contribution in [1.29, 1.82) is 0 Å². The number of imidazole rings is 1. The number of carbonyl (C=O) groups is 1. The van der Waals surface area contributed by atoms with Gasteiger partial charge in [-0.2, -0.15) is 0 Å². The molecule has 2 atom stereocenters. The highest BCUT2D eigenvalue weighted by atomic mass is 19.2. The van der Waals surface area contributed by atoms with E-state index in [2.05, 4.69) is 4.98 Å². The third-order valence-corrected chi connectivity index (χ3v) is 6.18. The zero-order valence-electron chi connectivity index (χ0n) is 17.1. The van der Waals surface area contributed by atoms with E-state index in [1.807, 2.05) is 46.9 Å². The van der Waals surface area contributed by atoms with Gasteiger partial charge in [-0.05, 0) is 61.6 Å². The minimum atomic E-state index is -0.882. The van der Waals surface area contributed by atoms with Gasteiger partial charge in [-0.15, -0.1) is 0 Å². The molecule has 2 aliphatic rings. The lowest BCUT2D eigenvalue weighted by atomic mass is 9.91. The van der Waals surface area contributed by atoms with Gasteiger partial charge in [0.25, 0.3) is 5.91 Å². The van der Waals surface area contributed by atoms with E-state index in [9.17, 15) is 13.6 Å². The molecule has 0 spiro atoms. The Balaban J connectivity index is 1.40. The molecule has 3 aromatic rings. The number of amides is 1. The molecule has 4 nitrogen and oxygen atoms in total. The van der Waals surface area contributed by atoms with Crippen LogP contribution in [0.5, 0.6) is 0 Å². The summed E-state index contributed by atoms with van der Waals surface area (Å²) in [5.74, 6) is -1.81. The fourth-order valence-corrected chi connectivity index (χ4v) is 4.72. The predicted molar refractivity (Wildman–Crippen MR) is 115 cm³/mol. The first-order chi connectivity index (χ1) is 14.9. The molecule has 2 aromatic carbocycles. The Hall–Kier alpha value is -3.22. The molecule has 0 unspecified atom stereocenters. The third-order valence-electron chi connectivity index (χ3n) is 6.18. The Labute approximate surface area is 180 Å². The smallest absolute Gasteiger partial charge is 0.250 e. The highest BCUT2D eigenvalue weighted by Gasteiger charge is 2.44. The molecule has 2 fully saturated rings. The summed E-state index contributed by atoms with van der Waals surface area (Å²) in [5, 5.41) is 0. The molecule has 31 heavy (non-hydrogen) atoms. The first kappa shape index (κ1) is 19.7. The van der Waals surface area contributed by atoms with Crippen molar-refractivity contribution in [3.63, 3.8) is 0 Å². The third kappa shape index (κ3) is 3.48. The maximum Gasteiger partial charge on any atom is 0.250 e. The van der Waals surface area contributed by atoms with E-state index in [0.29, 0.717) is 23.0 Å². The molecule has 154 valence electrons. The minimum absolute atomic E-state index is 0.0508. The van der Waals surface area contributed by atoms with Gasteiger partial charge >= 0.3 is 0 Å². The van der Waals surface area contributed by atoms with Crippen molar-refractivity contribution in [2.75, 3.05) is 0 Å². The van der Waals surface area contributed by atoms with Crippen molar-refractivity contribution in [3.05, 3.63) is 83.0 Å². The van der Waals surface area contributed by atoms with Crippen LogP contribution in [0.4, 0.5) is 8.78 Å². The summed E-state index contributed by atoms with van der Waals surface area (Å²) in [5.41, 5.74) is 4.53. The molecule has 3 heterocycles. The van der Waals surface area contributed by atoms with Gasteiger partial charge in [-0.25, -0.2) is 13.8 Å². The molecular formula is C24H20BF2N3O. The molecular weight excluding hydrogens is 395 g/mol. The summed E-state index contributed by atoms with van der Waals surface area (Å²) >= 11 is 0. The summed E-state index contributed by atoms with van der Waals surface area (Å²) in [6, 6.07) is 9.44. The first-order valence-corrected chi connectivity index (χ1v) is 10.3. The molecule has 1 aromatic heterocycles. The largest absolute Gasteiger partial charge is 0.329 e. The van der Waals surface area contributed by atoms with Gasteiger partial charge in [0.1, 0.15) is 7.85 Å². The lowest BCUT2D eigenvalue weighted by molar-refractivity contribution is -0.127. The zero-order valence-corrected chi connectivity index (χ0v) is 17.1. The number of halogens is 2. The zero-order chi connectivity index (χ0) is 21.7. The fourth-order valence-electron chi connectivity index (χ4n) is 4.72. The van der Waals surface area contributed by atoms with Gasteiger partial charge in [0.05, 0.1) is 18.1 Å². The monoisotopic (exact) mass is 415 g/mol. The normalized spacial score (nSPS) is 21.8. The molecule has 5 rings (SSSR count). The van der Waals surface area contributed by atoms with Crippen LogP contribution in [0.2, 0.25) is 0 Å². The van der Waals surface area contributed by atoms with Gasteiger partial charge in [-0.1, -0.05) is 23.7 Å². The van der Waals surface area contributed by atoms with Gasteiger partial charge in [0.2, 0.25) is 0 Å². The van der Waals surface area contributed by atoms with Crippen molar-refractivity contribution < 1.29 is 13.6 Å². The molecule has 2 radical (unpaired) electrons. The Morgan fingerprint density at radius 3 is 2.68 bits per heavy atom. The number of aryl methyl sites for hydroxylation is 1. The Bertz CT molecular complexity index is 1220. The number of hydrogen-bond acceptors (Lipinski definition) is 2. The van der Waals surface area contributed by atoms with E-state index in [1.165, 1.54) is 6.07 Å². The molecule has 1 amide bonds. The predicted octanol–water partition coefficient (Wildman–Crippen LogP) is 3.77. The average Bonchev–Trinajstić information content (AvgIpc) is 3.42. The Morgan fingerprint density at radius 2 is 1.97 bits per heavy atom. The summed E-state index contributed by atoms with van der Waals surface area (Å²) < 4.78 is 28.9. The SMILES string of the molecule is [B]c1cc(/C=C2\C[C@H]3CC[C@@H](c4ccc(F)c(F)c4)N3C2=O)ccc1-n1cnc(C)c1. The van der Waals surface area contributed by atoms with Crippen LogP contribution in [0.15, 0.2) is 54.5 Å². The second kappa shape index (κ2) is 7.48. The van der Waals surface area contributed by atoms with Crippen LogP contribution in [0.3, 0.4) is 0 Å². The van der Waals surface area contributed by atoms with Crippen LogP contribution >= 0.6 is 0 Å². The summed E-state index contributed by atoms with van der Waals surface area (Å²) in [4.78, 5) is 19.2. The highest BCUT2D eigenvalue weighted by molar-refractivity contribution is 6.35. The fraction of sp³-hybridized carbons (Fsp3) is 0.250. The van der Waals surface area contributed by atoms with Crippen LogP contribution in [0.25, 0.3) is 11.8 Å². The van der Waals surface area contributed by atoms with Gasteiger partial charge in [0, 0.05) is 23.5 Å². The lowest BCUT2D eigenvalue weighted by Gasteiger charge is -2.24. The number of rotatable bonds is 3. The van der Waals surface area contributed by atoms with Crippen molar-refractivity contribution in [2.45, 2.75) is 38.3 Å². The van der Waals surface area contributed by atoms with Crippen molar-refractivity contribution >= 4 is 25.3 Å². The summed E-state index contributed by atoms with van der Waals surface area (Å²) in [7, 11) is 6.25. The first-order valence-electron chi connectivity index (χ1n) is 10.3. The van der Waals surface area contributed by atoms with E-state index in [1.54, 1.807) is 12.4 Å². The lowest BCUT2D eigenvalue weighted by Crippen LogP contribution is -2.30. The van der Waals surface area contributed by atoms with E-state index < -0.39 is 11.6 Å². The molecule has 2 aliphatic heterocycles. The van der Waals surface area contributed by atoms with E-state index in [4.69, 9.17) is 7.85 Å². The second-order valence-corrected chi connectivity index (χ2v) is 8.25. The van der Waals surface area contributed by atoms with Gasteiger partial charge in [0.15, 0.2) is 11.6 Å². The van der Waals surface area contributed by atoms with Gasteiger partial charge in [-0.3, -0.25) is 4.79 Å². The second-order valence-electron chi connectivity index (χ2n) is 8.25. The molecule has 7 heteroatoms. The number of hydrogen-bond donors (Lipinski definition) is 0. The molecule has 0 bridgehead atoms. The maximum atomic E-state index is 13.7. The van der Waals surface area contributed by atoms with Crippen LogP contribution in [0, 0.1) is 18.6 Å².